The van der Waals surface area contributed by atoms with Crippen molar-refractivity contribution in [1.82, 2.24) is 14.8 Å². The van der Waals surface area contributed by atoms with Crippen LogP contribution in [0.15, 0.2) is 30.3 Å². The number of urea groups is 1. The van der Waals surface area contributed by atoms with Gasteiger partial charge in [0.2, 0.25) is 0 Å². The molecule has 3 heterocycles. The lowest BCUT2D eigenvalue weighted by Gasteiger charge is -2.22. The molecule has 33 heavy (non-hydrogen) atoms. The van der Waals surface area contributed by atoms with E-state index in [4.69, 9.17) is 9.47 Å². The minimum atomic E-state index is -1.15. The van der Waals surface area contributed by atoms with Crippen LogP contribution in [0, 0.1) is 13.8 Å². The number of aryl methyl sites for hydroxylation is 1. The molecule has 4 rings (SSSR count). The largest absolute Gasteiger partial charge is 0.496 e. The number of carbonyl (C=O) groups is 3. The number of ketones is 1. The van der Waals surface area contributed by atoms with Crippen LogP contribution in [0.4, 0.5) is 4.79 Å². The molecule has 0 bridgehead atoms. The molecular formula is C25H31N3O5. The maximum absolute atomic E-state index is 13.2. The first-order valence-electron chi connectivity index (χ1n) is 11.3. The van der Waals surface area contributed by atoms with Gasteiger partial charge >= 0.3 is 6.03 Å². The van der Waals surface area contributed by atoms with Crippen LogP contribution in [-0.4, -0.2) is 59.1 Å². The van der Waals surface area contributed by atoms with Gasteiger partial charge in [0.1, 0.15) is 11.3 Å². The van der Waals surface area contributed by atoms with Gasteiger partial charge in [-0.2, -0.15) is 0 Å². The maximum Gasteiger partial charge on any atom is 0.325 e. The van der Waals surface area contributed by atoms with Crippen molar-refractivity contribution in [3.63, 3.8) is 0 Å². The molecule has 2 saturated heterocycles. The average Bonchev–Trinajstić information content (AvgIpc) is 3.45. The summed E-state index contributed by atoms with van der Waals surface area (Å²) in [6.45, 7) is 6.71. The van der Waals surface area contributed by atoms with E-state index >= 15 is 0 Å². The standard InChI is InChI=1S/C25H31N3O5/c1-16-12-20(17(2)27(16)14-19-9-7-11-33-19)21(29)15-28-23(30)25(3,26-24(28)31)13-18-8-5-6-10-22(18)32-4/h5-6,8,10,12,19H,7,9,11,13-15H2,1-4H3,(H,26,31). The summed E-state index contributed by atoms with van der Waals surface area (Å²) < 4.78 is 13.2. The van der Waals surface area contributed by atoms with Gasteiger partial charge in [-0.15, -0.1) is 0 Å². The van der Waals surface area contributed by atoms with Gasteiger partial charge in [0.05, 0.1) is 19.8 Å². The van der Waals surface area contributed by atoms with Crippen molar-refractivity contribution in [2.24, 2.45) is 0 Å². The molecule has 0 spiro atoms. The summed E-state index contributed by atoms with van der Waals surface area (Å²) in [6, 6.07) is 8.65. The molecule has 2 aliphatic heterocycles. The first-order chi connectivity index (χ1) is 15.7. The Bertz CT molecular complexity index is 1090. The van der Waals surface area contributed by atoms with Crippen molar-refractivity contribution in [3.8, 4) is 5.75 Å². The highest BCUT2D eigenvalue weighted by Gasteiger charge is 2.48. The van der Waals surface area contributed by atoms with Gasteiger partial charge in [0, 0.05) is 36.5 Å². The van der Waals surface area contributed by atoms with Crippen molar-refractivity contribution in [3.05, 3.63) is 52.8 Å². The third-order valence-electron chi connectivity index (χ3n) is 6.67. The maximum atomic E-state index is 13.2. The minimum Gasteiger partial charge on any atom is -0.496 e. The van der Waals surface area contributed by atoms with Crippen molar-refractivity contribution in [2.45, 2.75) is 58.2 Å². The lowest BCUT2D eigenvalue weighted by atomic mass is 9.92. The number of hydrogen-bond acceptors (Lipinski definition) is 5. The SMILES string of the molecule is COc1ccccc1CC1(C)NC(=O)N(CC(=O)c2cc(C)n(CC3CCCO3)c2C)C1=O. The van der Waals surface area contributed by atoms with Crippen LogP contribution in [0.2, 0.25) is 0 Å². The van der Waals surface area contributed by atoms with E-state index in [9.17, 15) is 14.4 Å². The molecule has 0 aliphatic carbocycles. The Morgan fingerprint density at radius 3 is 2.73 bits per heavy atom. The summed E-state index contributed by atoms with van der Waals surface area (Å²) in [5.41, 5.74) is 1.98. The number of amides is 3. The first kappa shape index (κ1) is 23.0. The lowest BCUT2D eigenvalue weighted by molar-refractivity contribution is -0.130. The summed E-state index contributed by atoms with van der Waals surface area (Å²) in [5.74, 6) is -0.0272. The van der Waals surface area contributed by atoms with E-state index in [2.05, 4.69) is 9.88 Å². The molecule has 2 unspecified atom stereocenters. The van der Waals surface area contributed by atoms with Crippen LogP contribution in [0.25, 0.3) is 0 Å². The Kier molecular flexibility index (Phi) is 6.30. The summed E-state index contributed by atoms with van der Waals surface area (Å²) in [7, 11) is 1.57. The number of rotatable bonds is 8. The highest BCUT2D eigenvalue weighted by molar-refractivity contribution is 6.11. The topological polar surface area (TPSA) is 89.9 Å². The first-order valence-corrected chi connectivity index (χ1v) is 11.3. The average molecular weight is 454 g/mol. The summed E-state index contributed by atoms with van der Waals surface area (Å²) >= 11 is 0. The normalized spacial score (nSPS) is 22.7. The van der Waals surface area contributed by atoms with Gasteiger partial charge in [-0.25, -0.2) is 4.79 Å². The number of Topliss-reactive ketones (excluding diaryl/α,β-unsaturated/α-hetero) is 1. The van der Waals surface area contributed by atoms with Crippen LogP contribution in [0.5, 0.6) is 5.75 Å². The van der Waals surface area contributed by atoms with Crippen molar-refractivity contribution < 1.29 is 23.9 Å². The van der Waals surface area contributed by atoms with Gasteiger partial charge in [0.25, 0.3) is 5.91 Å². The van der Waals surface area contributed by atoms with E-state index < -0.39 is 17.5 Å². The number of nitrogens with zero attached hydrogens (tertiary/aromatic N) is 2. The number of methoxy groups -OCH3 is 1. The van der Waals surface area contributed by atoms with Crippen LogP contribution >= 0.6 is 0 Å². The van der Waals surface area contributed by atoms with Crippen LogP contribution in [0.1, 0.15) is 47.1 Å². The van der Waals surface area contributed by atoms with Gasteiger partial charge in [-0.1, -0.05) is 18.2 Å². The molecule has 2 aromatic rings. The quantitative estimate of drug-likeness (QED) is 0.490. The highest BCUT2D eigenvalue weighted by atomic mass is 16.5. The predicted octanol–water partition coefficient (Wildman–Crippen LogP) is 3.03. The van der Waals surface area contributed by atoms with E-state index in [1.165, 1.54) is 0 Å². The molecule has 0 saturated carbocycles. The Morgan fingerprint density at radius 2 is 2.03 bits per heavy atom. The van der Waals surface area contributed by atoms with E-state index in [1.54, 1.807) is 14.0 Å². The number of hydrogen-bond donors (Lipinski definition) is 1. The second-order valence-electron chi connectivity index (χ2n) is 9.10. The fraction of sp³-hybridized carbons (Fsp3) is 0.480. The summed E-state index contributed by atoms with van der Waals surface area (Å²) in [6.07, 6.45) is 2.48. The molecule has 2 fully saturated rings. The minimum absolute atomic E-state index is 0.152. The van der Waals surface area contributed by atoms with Gasteiger partial charge in [-0.3, -0.25) is 14.5 Å². The number of aromatic nitrogens is 1. The summed E-state index contributed by atoms with van der Waals surface area (Å²) in [5, 5.41) is 2.77. The van der Waals surface area contributed by atoms with Crippen LogP contribution in [-0.2, 0) is 22.5 Å². The van der Waals surface area contributed by atoms with Crippen molar-refractivity contribution in [2.75, 3.05) is 20.3 Å². The van der Waals surface area contributed by atoms with Crippen LogP contribution in [0.3, 0.4) is 0 Å². The van der Waals surface area contributed by atoms with Gasteiger partial charge < -0.3 is 19.4 Å². The Hall–Kier alpha value is -3.13. The van der Waals surface area contributed by atoms with E-state index in [-0.39, 0.29) is 24.9 Å². The number of benzene rings is 1. The summed E-state index contributed by atoms with van der Waals surface area (Å²) in [4.78, 5) is 40.1. The molecule has 3 amide bonds. The van der Waals surface area contributed by atoms with Gasteiger partial charge in [-0.05, 0) is 51.3 Å². The van der Waals surface area contributed by atoms with Crippen LogP contribution < -0.4 is 10.1 Å². The molecule has 1 aromatic heterocycles. The number of ether oxygens (including phenoxy) is 2. The van der Waals surface area contributed by atoms with Crippen molar-refractivity contribution in [1.29, 1.82) is 0 Å². The van der Waals surface area contributed by atoms with Crippen molar-refractivity contribution >= 4 is 17.7 Å². The number of imide groups is 1. The monoisotopic (exact) mass is 453 g/mol. The number of nitrogens with one attached hydrogen (secondary N) is 1. The molecule has 0 radical (unpaired) electrons. The zero-order valence-electron chi connectivity index (χ0n) is 19.6. The molecule has 1 N–H and O–H groups in total. The zero-order chi connectivity index (χ0) is 23.8. The molecular weight excluding hydrogens is 422 g/mol. The number of para-hydroxylation sites is 1. The fourth-order valence-corrected chi connectivity index (χ4v) is 4.83. The molecule has 176 valence electrons. The molecule has 2 atom stereocenters. The number of carbonyl (C=O) groups excluding carboxylic acids is 3. The molecule has 2 aliphatic rings. The molecule has 8 heteroatoms. The third-order valence-corrected chi connectivity index (χ3v) is 6.67. The Labute approximate surface area is 193 Å². The zero-order valence-corrected chi connectivity index (χ0v) is 19.6. The predicted molar refractivity (Wildman–Crippen MR) is 123 cm³/mol. The Balaban J connectivity index is 1.49. The lowest BCUT2D eigenvalue weighted by Crippen LogP contribution is -2.46. The van der Waals surface area contributed by atoms with E-state index in [0.29, 0.717) is 17.9 Å². The fourth-order valence-electron chi connectivity index (χ4n) is 4.83. The van der Waals surface area contributed by atoms with E-state index in [0.717, 1.165) is 41.3 Å². The smallest absolute Gasteiger partial charge is 0.325 e. The second-order valence-corrected chi connectivity index (χ2v) is 9.10. The molecule has 1 aromatic carbocycles. The second kappa shape index (κ2) is 9.02. The van der Waals surface area contributed by atoms with Gasteiger partial charge in [0.15, 0.2) is 5.78 Å². The molecule has 8 nitrogen and oxygen atoms in total. The highest BCUT2D eigenvalue weighted by Crippen LogP contribution is 2.28. The van der Waals surface area contributed by atoms with E-state index in [1.807, 2.05) is 44.2 Å². The Morgan fingerprint density at radius 1 is 1.27 bits per heavy atom. The third kappa shape index (κ3) is 4.39.